The number of allylic oxidation sites excluding steroid dienone is 1. The van der Waals surface area contributed by atoms with Crippen molar-refractivity contribution in [1.82, 2.24) is 9.29 Å². The van der Waals surface area contributed by atoms with Crippen molar-refractivity contribution in [3.05, 3.63) is 65.6 Å². The molecule has 6 heteroatoms. The standard InChI is InChI=1S/C19H19BN2O3/c1-25-16-7-4-13(5-8-16)17-11-15(6-9-19(23)24)22-18(17)12-14-3-2-10-21(14)20-22/h2-5,7-8,10-12,15,20H,6,9H2,1H3,(H,23,24). The van der Waals surface area contributed by atoms with E-state index >= 15 is 0 Å². The second-order valence-corrected chi connectivity index (χ2v) is 6.35. The molecule has 4 rings (SSSR count). The largest absolute Gasteiger partial charge is 0.497 e. The van der Waals surface area contributed by atoms with Crippen LogP contribution in [0, 0.1) is 0 Å². The Morgan fingerprint density at radius 3 is 2.80 bits per heavy atom. The van der Waals surface area contributed by atoms with Crippen LogP contribution < -0.4 is 4.74 Å². The molecule has 0 spiro atoms. The van der Waals surface area contributed by atoms with Gasteiger partial charge >= 0.3 is 13.5 Å². The predicted octanol–water partition coefficient (Wildman–Crippen LogP) is 2.60. The van der Waals surface area contributed by atoms with Gasteiger partial charge in [-0.2, -0.15) is 0 Å². The number of aliphatic carboxylic acids is 1. The van der Waals surface area contributed by atoms with Gasteiger partial charge in [0.05, 0.1) is 7.11 Å². The van der Waals surface area contributed by atoms with Crippen molar-refractivity contribution in [2.75, 3.05) is 7.11 Å². The lowest BCUT2D eigenvalue weighted by Crippen LogP contribution is -2.39. The number of carboxylic acid groups (broad SMARTS) is 1. The molecule has 1 atom stereocenters. The number of methoxy groups -OCH3 is 1. The molecule has 0 bridgehead atoms. The molecule has 1 unspecified atom stereocenters. The Morgan fingerprint density at radius 2 is 2.08 bits per heavy atom. The van der Waals surface area contributed by atoms with E-state index in [-0.39, 0.29) is 12.5 Å². The van der Waals surface area contributed by atoms with Crippen molar-refractivity contribution in [2.24, 2.45) is 0 Å². The number of hydrogen-bond donors (Lipinski definition) is 1. The molecule has 1 aromatic carbocycles. The maximum Gasteiger partial charge on any atom is 0.361 e. The quantitative estimate of drug-likeness (QED) is 0.854. The number of hydrogen-bond acceptors (Lipinski definition) is 3. The number of carbonyl (C=O) groups is 1. The molecule has 25 heavy (non-hydrogen) atoms. The number of ether oxygens (including phenoxy) is 1. The predicted molar refractivity (Wildman–Crippen MR) is 98.4 cm³/mol. The van der Waals surface area contributed by atoms with Crippen molar-refractivity contribution < 1.29 is 14.6 Å². The average Bonchev–Trinajstić information content (AvgIpc) is 3.22. The summed E-state index contributed by atoms with van der Waals surface area (Å²) in [5.41, 5.74) is 4.61. The molecule has 0 fully saturated rings. The van der Waals surface area contributed by atoms with Gasteiger partial charge in [0.1, 0.15) is 5.75 Å². The third-order valence-electron chi connectivity index (χ3n) is 4.85. The van der Waals surface area contributed by atoms with E-state index in [9.17, 15) is 4.79 Å². The molecule has 0 saturated carbocycles. The Kier molecular flexibility index (Phi) is 3.88. The number of aromatic nitrogens is 1. The highest BCUT2D eigenvalue weighted by Gasteiger charge is 2.33. The van der Waals surface area contributed by atoms with Crippen LogP contribution in [0.15, 0.2) is 54.4 Å². The summed E-state index contributed by atoms with van der Waals surface area (Å²) in [4.78, 5) is 13.3. The maximum atomic E-state index is 11.0. The number of fused-ring (bicyclic) bond motifs is 2. The molecule has 2 aliphatic rings. The van der Waals surface area contributed by atoms with Crippen LogP contribution in [0.4, 0.5) is 0 Å². The topological polar surface area (TPSA) is 54.7 Å². The minimum atomic E-state index is -0.754. The average molecular weight is 334 g/mol. The zero-order valence-electron chi connectivity index (χ0n) is 14.1. The number of nitrogens with zero attached hydrogens (tertiary/aromatic N) is 2. The molecule has 2 aromatic rings. The first-order valence-electron chi connectivity index (χ1n) is 8.37. The molecule has 1 N–H and O–H groups in total. The van der Waals surface area contributed by atoms with Gasteiger partial charge in [0.2, 0.25) is 0 Å². The van der Waals surface area contributed by atoms with E-state index in [0.29, 0.717) is 6.42 Å². The fourth-order valence-electron chi connectivity index (χ4n) is 3.56. The Labute approximate surface area is 147 Å². The van der Waals surface area contributed by atoms with Crippen LogP contribution in [0.5, 0.6) is 5.75 Å². The Bertz CT molecular complexity index is 867. The van der Waals surface area contributed by atoms with Crippen LogP contribution in [0.3, 0.4) is 0 Å². The molecule has 1 aromatic heterocycles. The van der Waals surface area contributed by atoms with Crippen molar-refractivity contribution in [3.8, 4) is 5.75 Å². The lowest BCUT2D eigenvalue weighted by atomic mass is 9.96. The smallest absolute Gasteiger partial charge is 0.361 e. The van der Waals surface area contributed by atoms with Crippen molar-refractivity contribution >= 4 is 25.2 Å². The molecule has 0 radical (unpaired) electrons. The minimum Gasteiger partial charge on any atom is -0.497 e. The summed E-state index contributed by atoms with van der Waals surface area (Å²) in [7, 11) is 2.40. The lowest BCUT2D eigenvalue weighted by Gasteiger charge is -2.32. The van der Waals surface area contributed by atoms with E-state index in [0.717, 1.165) is 30.1 Å². The van der Waals surface area contributed by atoms with Gasteiger partial charge in [-0.3, -0.25) is 4.79 Å². The van der Waals surface area contributed by atoms with Crippen molar-refractivity contribution in [1.29, 1.82) is 0 Å². The number of benzene rings is 1. The van der Waals surface area contributed by atoms with Gasteiger partial charge in [0.25, 0.3) is 0 Å². The molecular weight excluding hydrogens is 315 g/mol. The van der Waals surface area contributed by atoms with Gasteiger partial charge in [-0.25, -0.2) is 0 Å². The fourth-order valence-corrected chi connectivity index (χ4v) is 3.56. The molecule has 0 aliphatic carbocycles. The van der Waals surface area contributed by atoms with Crippen LogP contribution in [-0.4, -0.2) is 41.1 Å². The Morgan fingerprint density at radius 1 is 1.28 bits per heavy atom. The molecule has 0 amide bonds. The van der Waals surface area contributed by atoms with Gasteiger partial charge in [-0.1, -0.05) is 18.2 Å². The summed E-state index contributed by atoms with van der Waals surface area (Å²) in [6, 6.07) is 12.2. The monoisotopic (exact) mass is 334 g/mol. The summed E-state index contributed by atoms with van der Waals surface area (Å²) >= 11 is 0. The normalized spacial score (nSPS) is 18.0. The molecule has 3 heterocycles. The van der Waals surface area contributed by atoms with Crippen molar-refractivity contribution in [2.45, 2.75) is 18.9 Å². The first-order chi connectivity index (χ1) is 12.2. The third-order valence-corrected chi connectivity index (χ3v) is 4.85. The van der Waals surface area contributed by atoms with Gasteiger partial charge in [0.15, 0.2) is 0 Å². The second-order valence-electron chi connectivity index (χ2n) is 6.35. The first-order valence-corrected chi connectivity index (χ1v) is 8.37. The summed E-state index contributed by atoms with van der Waals surface area (Å²) < 4.78 is 7.43. The Balaban J connectivity index is 1.71. The fraction of sp³-hybridized carbons (Fsp3) is 0.211. The Hall–Kier alpha value is -2.89. The molecule has 2 aliphatic heterocycles. The molecule has 0 saturated heterocycles. The SMILES string of the molecule is COc1ccc(C2=CC(CCC(=O)O)N3Bn4cccc4C=C23)cc1. The maximum absolute atomic E-state index is 11.0. The third kappa shape index (κ3) is 2.84. The highest BCUT2D eigenvalue weighted by Crippen LogP contribution is 2.39. The molecule has 126 valence electrons. The summed E-state index contributed by atoms with van der Waals surface area (Å²) in [5.74, 6) is 0.0728. The van der Waals surface area contributed by atoms with Gasteiger partial charge in [0, 0.05) is 29.4 Å². The second kappa shape index (κ2) is 6.20. The number of rotatable bonds is 5. The van der Waals surface area contributed by atoms with E-state index in [1.807, 2.05) is 18.2 Å². The van der Waals surface area contributed by atoms with Gasteiger partial charge < -0.3 is 19.1 Å². The first kappa shape index (κ1) is 15.6. The van der Waals surface area contributed by atoms with Crippen LogP contribution >= 0.6 is 0 Å². The van der Waals surface area contributed by atoms with Gasteiger partial charge in [-0.05, 0) is 48.5 Å². The lowest BCUT2D eigenvalue weighted by molar-refractivity contribution is -0.137. The van der Waals surface area contributed by atoms with E-state index in [2.05, 4.69) is 45.8 Å². The highest BCUT2D eigenvalue weighted by atomic mass is 16.5. The summed E-state index contributed by atoms with van der Waals surface area (Å²) in [6.45, 7) is 0. The van der Waals surface area contributed by atoms with Crippen LogP contribution in [0.2, 0.25) is 0 Å². The van der Waals surface area contributed by atoms with Gasteiger partial charge in [-0.15, -0.1) is 0 Å². The zero-order valence-corrected chi connectivity index (χ0v) is 14.1. The zero-order chi connectivity index (χ0) is 17.4. The number of carboxylic acids is 1. The summed E-state index contributed by atoms with van der Waals surface area (Å²) in [5, 5.41) is 9.06. The van der Waals surface area contributed by atoms with Crippen LogP contribution in [-0.2, 0) is 4.79 Å². The molecule has 5 nitrogen and oxygen atoms in total. The van der Waals surface area contributed by atoms with Crippen LogP contribution in [0.25, 0.3) is 11.6 Å². The minimum absolute atomic E-state index is 0.0926. The van der Waals surface area contributed by atoms with E-state index in [4.69, 9.17) is 9.84 Å². The summed E-state index contributed by atoms with van der Waals surface area (Å²) in [6.07, 6.45) is 7.20. The van der Waals surface area contributed by atoms with E-state index in [1.165, 1.54) is 5.69 Å². The highest BCUT2D eigenvalue weighted by molar-refractivity contribution is 6.34. The van der Waals surface area contributed by atoms with E-state index in [1.54, 1.807) is 7.11 Å². The van der Waals surface area contributed by atoms with Crippen LogP contribution in [0.1, 0.15) is 24.1 Å². The van der Waals surface area contributed by atoms with E-state index < -0.39 is 5.97 Å². The van der Waals surface area contributed by atoms with Crippen molar-refractivity contribution in [3.63, 3.8) is 0 Å². The molecular formula is C19H19BN2O3.